The third kappa shape index (κ3) is 2.79. The van der Waals surface area contributed by atoms with Crippen LogP contribution >= 0.6 is 27.5 Å². The smallest absolute Gasteiger partial charge is 0.363 e. The van der Waals surface area contributed by atoms with Gasteiger partial charge in [0.1, 0.15) is 0 Å². The minimum Gasteiger partial charge on any atom is -0.454 e. The first-order valence-corrected chi connectivity index (χ1v) is 8.15. The summed E-state index contributed by atoms with van der Waals surface area (Å²) >= 11 is 9.50. The summed E-state index contributed by atoms with van der Waals surface area (Å²) in [7, 11) is 0. The molecule has 2 heterocycles. The Kier molecular flexibility index (Phi) is 3.78. The van der Waals surface area contributed by atoms with Crippen LogP contribution in [0.25, 0.3) is 6.08 Å². The molecule has 0 fully saturated rings. The summed E-state index contributed by atoms with van der Waals surface area (Å²) in [6, 6.07) is 10.8. The zero-order chi connectivity index (χ0) is 16.7. The molecule has 120 valence electrons. The molecule has 0 bridgehead atoms. The summed E-state index contributed by atoms with van der Waals surface area (Å²) in [5.74, 6) is 0.803. The molecule has 0 atom stereocenters. The van der Waals surface area contributed by atoms with E-state index in [0.717, 1.165) is 10.0 Å². The minimum atomic E-state index is -0.512. The summed E-state index contributed by atoms with van der Waals surface area (Å²) in [4.78, 5) is 16.3. The molecule has 2 aromatic carbocycles. The fourth-order valence-corrected chi connectivity index (χ4v) is 2.89. The van der Waals surface area contributed by atoms with Crippen LogP contribution in [0.3, 0.4) is 0 Å². The number of rotatable bonds is 2. The summed E-state index contributed by atoms with van der Waals surface area (Å²) in [5, 5.41) is 0.417. The number of carbonyl (C=O) groups is 1. The quantitative estimate of drug-likeness (QED) is 0.555. The van der Waals surface area contributed by atoms with Crippen LogP contribution in [0.5, 0.6) is 11.5 Å². The van der Waals surface area contributed by atoms with E-state index >= 15 is 0 Å². The first kappa shape index (κ1) is 15.2. The van der Waals surface area contributed by atoms with Crippen LogP contribution in [-0.2, 0) is 9.53 Å². The maximum Gasteiger partial charge on any atom is 0.363 e. The van der Waals surface area contributed by atoms with Crippen molar-refractivity contribution in [3.05, 3.63) is 62.7 Å². The van der Waals surface area contributed by atoms with E-state index in [-0.39, 0.29) is 18.4 Å². The molecule has 5 nitrogen and oxygen atoms in total. The number of esters is 1. The largest absolute Gasteiger partial charge is 0.454 e. The fraction of sp³-hybridized carbons (Fsp3) is 0.0588. The lowest BCUT2D eigenvalue weighted by atomic mass is 10.1. The maximum atomic E-state index is 12.0. The Labute approximate surface area is 150 Å². The number of hydrogen-bond acceptors (Lipinski definition) is 5. The Bertz CT molecular complexity index is 906. The van der Waals surface area contributed by atoms with Gasteiger partial charge in [0.25, 0.3) is 0 Å². The Hall–Kier alpha value is -2.31. The molecule has 4 rings (SSSR count). The molecule has 0 aromatic heterocycles. The number of cyclic esters (lactones) is 1. The predicted octanol–water partition coefficient (Wildman–Crippen LogP) is 4.18. The molecule has 0 spiro atoms. The van der Waals surface area contributed by atoms with Crippen molar-refractivity contribution in [2.45, 2.75) is 0 Å². The van der Waals surface area contributed by atoms with Crippen LogP contribution in [0, 0.1) is 0 Å². The van der Waals surface area contributed by atoms with Gasteiger partial charge in [-0.3, -0.25) is 0 Å². The number of carbonyl (C=O) groups excluding carboxylic acids is 1. The monoisotopic (exact) mass is 405 g/mol. The lowest BCUT2D eigenvalue weighted by Crippen LogP contribution is -2.05. The third-order valence-corrected chi connectivity index (χ3v) is 4.27. The molecule has 0 amide bonds. The second kappa shape index (κ2) is 5.96. The van der Waals surface area contributed by atoms with E-state index in [4.69, 9.17) is 25.8 Å². The van der Waals surface area contributed by atoms with Crippen molar-refractivity contribution in [2.24, 2.45) is 4.99 Å². The summed E-state index contributed by atoms with van der Waals surface area (Å²) in [6.45, 7) is 0.128. The van der Waals surface area contributed by atoms with Crippen molar-refractivity contribution in [3.8, 4) is 11.5 Å². The van der Waals surface area contributed by atoms with Gasteiger partial charge in [-0.1, -0.05) is 27.5 Å². The molecule has 0 saturated carbocycles. The van der Waals surface area contributed by atoms with Crippen molar-refractivity contribution in [2.75, 3.05) is 6.79 Å². The lowest BCUT2D eigenvalue weighted by Gasteiger charge is -2.01. The molecule has 24 heavy (non-hydrogen) atoms. The maximum absolute atomic E-state index is 12.0. The highest BCUT2D eigenvalue weighted by Crippen LogP contribution is 2.40. The lowest BCUT2D eigenvalue weighted by molar-refractivity contribution is -0.129. The summed E-state index contributed by atoms with van der Waals surface area (Å²) in [5.41, 5.74) is 1.60. The molecule has 0 N–H and O–H groups in total. The van der Waals surface area contributed by atoms with Crippen molar-refractivity contribution < 1.29 is 19.0 Å². The molecule has 2 aliphatic rings. The van der Waals surface area contributed by atoms with Crippen LogP contribution < -0.4 is 9.47 Å². The highest BCUT2D eigenvalue weighted by Gasteiger charge is 2.25. The van der Waals surface area contributed by atoms with E-state index in [1.165, 1.54) is 0 Å². The van der Waals surface area contributed by atoms with Gasteiger partial charge in [-0.15, -0.1) is 0 Å². The van der Waals surface area contributed by atoms with E-state index in [0.29, 0.717) is 22.1 Å². The highest BCUT2D eigenvalue weighted by molar-refractivity contribution is 9.10. The number of ether oxygens (including phenoxy) is 3. The zero-order valence-corrected chi connectivity index (χ0v) is 14.4. The van der Waals surface area contributed by atoms with Crippen LogP contribution in [0.15, 0.2) is 51.6 Å². The fourth-order valence-electron chi connectivity index (χ4n) is 2.35. The van der Waals surface area contributed by atoms with Gasteiger partial charge < -0.3 is 14.2 Å². The molecule has 0 radical (unpaired) electrons. The van der Waals surface area contributed by atoms with Crippen molar-refractivity contribution >= 4 is 45.5 Å². The molecule has 0 saturated heterocycles. The van der Waals surface area contributed by atoms with Gasteiger partial charge in [0.2, 0.25) is 12.7 Å². The highest BCUT2D eigenvalue weighted by atomic mass is 79.9. The van der Waals surface area contributed by atoms with E-state index in [1.807, 2.05) is 24.3 Å². The Morgan fingerprint density at radius 1 is 1.17 bits per heavy atom. The van der Waals surface area contributed by atoms with Crippen molar-refractivity contribution in [1.29, 1.82) is 0 Å². The first-order valence-electron chi connectivity index (χ1n) is 6.98. The van der Waals surface area contributed by atoms with Crippen LogP contribution in [0.1, 0.15) is 11.1 Å². The number of halogens is 2. The SMILES string of the molecule is O=C1OC(c2ccc(Br)cc2)=N/C1=C\c1cc(Cl)c2c(c1)OCO2. The molecule has 7 heteroatoms. The molecule has 2 aromatic rings. The van der Waals surface area contributed by atoms with Crippen LogP contribution in [0.2, 0.25) is 5.02 Å². The summed E-state index contributed by atoms with van der Waals surface area (Å²) < 4.78 is 16.7. The number of aliphatic imine (C=N–C) groups is 1. The number of benzene rings is 2. The van der Waals surface area contributed by atoms with Gasteiger partial charge in [-0.2, -0.15) is 0 Å². The first-order chi connectivity index (χ1) is 11.6. The van der Waals surface area contributed by atoms with Gasteiger partial charge in [0.15, 0.2) is 17.2 Å². The Morgan fingerprint density at radius 3 is 2.75 bits per heavy atom. The average Bonchev–Trinajstić information content (AvgIpc) is 3.16. The molecular formula is C17H9BrClNO4. The minimum absolute atomic E-state index is 0.128. The predicted molar refractivity (Wildman–Crippen MR) is 92.3 cm³/mol. The average molecular weight is 407 g/mol. The zero-order valence-electron chi connectivity index (χ0n) is 12.1. The van der Waals surface area contributed by atoms with Crippen molar-refractivity contribution in [1.82, 2.24) is 0 Å². The van der Waals surface area contributed by atoms with Crippen LogP contribution in [0.4, 0.5) is 0 Å². The normalized spacial score (nSPS) is 17.2. The second-order valence-electron chi connectivity index (χ2n) is 5.08. The third-order valence-electron chi connectivity index (χ3n) is 3.46. The summed E-state index contributed by atoms with van der Waals surface area (Å²) in [6.07, 6.45) is 1.60. The molecule has 0 unspecified atom stereocenters. The van der Waals surface area contributed by atoms with Crippen molar-refractivity contribution in [3.63, 3.8) is 0 Å². The van der Waals surface area contributed by atoms with Gasteiger partial charge >= 0.3 is 5.97 Å². The van der Waals surface area contributed by atoms with E-state index in [9.17, 15) is 4.79 Å². The topological polar surface area (TPSA) is 57.1 Å². The molecular weight excluding hydrogens is 398 g/mol. The van der Waals surface area contributed by atoms with E-state index in [1.54, 1.807) is 18.2 Å². The Balaban J connectivity index is 1.68. The van der Waals surface area contributed by atoms with Gasteiger partial charge in [-0.05, 0) is 48.0 Å². The number of fused-ring (bicyclic) bond motifs is 1. The van der Waals surface area contributed by atoms with Gasteiger partial charge in [0.05, 0.1) is 5.02 Å². The molecule has 2 aliphatic heterocycles. The number of hydrogen-bond donors (Lipinski definition) is 0. The second-order valence-corrected chi connectivity index (χ2v) is 6.40. The van der Waals surface area contributed by atoms with E-state index < -0.39 is 5.97 Å². The standard InChI is InChI=1S/C17H9BrClNO4/c18-11-3-1-10(2-4-11)16-20-13(17(21)24-16)6-9-5-12(19)15-14(7-9)22-8-23-15/h1-7H,8H2/b13-6-. The van der Waals surface area contributed by atoms with E-state index in [2.05, 4.69) is 20.9 Å². The van der Waals surface area contributed by atoms with Gasteiger partial charge in [-0.25, -0.2) is 9.79 Å². The Morgan fingerprint density at radius 2 is 1.96 bits per heavy atom. The molecule has 0 aliphatic carbocycles. The van der Waals surface area contributed by atoms with Crippen LogP contribution in [-0.4, -0.2) is 18.7 Å². The number of nitrogens with zero attached hydrogens (tertiary/aromatic N) is 1. The van der Waals surface area contributed by atoms with Gasteiger partial charge in [0, 0.05) is 10.0 Å².